The minimum Gasteiger partial charge on any atom is -0.505 e. The van der Waals surface area contributed by atoms with Crippen molar-refractivity contribution in [3.05, 3.63) is 27.2 Å². The number of aromatic hydroxyl groups is 1. The van der Waals surface area contributed by atoms with Gasteiger partial charge >= 0.3 is 0 Å². The van der Waals surface area contributed by atoms with Crippen LogP contribution < -0.4 is 0 Å². The van der Waals surface area contributed by atoms with Crippen molar-refractivity contribution in [3.63, 3.8) is 0 Å². The van der Waals surface area contributed by atoms with Crippen LogP contribution in [0.4, 0.5) is 0 Å². The summed E-state index contributed by atoms with van der Waals surface area (Å²) < 4.78 is 0.676. The maximum atomic E-state index is 9.68. The summed E-state index contributed by atoms with van der Waals surface area (Å²) in [5.41, 5.74) is 1.15. The molecule has 0 unspecified atom stereocenters. The van der Waals surface area contributed by atoms with E-state index in [9.17, 15) is 5.11 Å². The van der Waals surface area contributed by atoms with Gasteiger partial charge in [0.15, 0.2) is 0 Å². The minimum atomic E-state index is 0.131. The van der Waals surface area contributed by atoms with Crippen LogP contribution in [-0.4, -0.2) is 22.6 Å². The molecule has 1 saturated carbocycles. The summed E-state index contributed by atoms with van der Waals surface area (Å²) in [7, 11) is 0. The van der Waals surface area contributed by atoms with Crippen LogP contribution in [0.5, 0.6) is 5.75 Å². The number of halogens is 2. The molecule has 19 heavy (non-hydrogen) atoms. The van der Waals surface area contributed by atoms with Crippen LogP contribution in [0.2, 0.25) is 5.02 Å². The van der Waals surface area contributed by atoms with Gasteiger partial charge in [-0.15, -0.1) is 0 Å². The van der Waals surface area contributed by atoms with Gasteiger partial charge in [0.25, 0.3) is 0 Å². The number of phenols is 1. The number of hydrogen-bond acceptors (Lipinski definition) is 2. The van der Waals surface area contributed by atoms with Gasteiger partial charge < -0.3 is 5.11 Å². The summed E-state index contributed by atoms with van der Waals surface area (Å²) in [4.78, 5) is 2.52. The van der Waals surface area contributed by atoms with Crippen molar-refractivity contribution in [3.8, 4) is 5.75 Å². The fourth-order valence-corrected chi connectivity index (χ4v) is 3.75. The molecule has 1 fully saturated rings. The smallest absolute Gasteiger partial charge is 0.148 e. The molecule has 2 nitrogen and oxygen atoms in total. The molecule has 0 saturated heterocycles. The van der Waals surface area contributed by atoms with Crippen LogP contribution >= 0.6 is 27.5 Å². The zero-order valence-corrected chi connectivity index (χ0v) is 13.7. The minimum absolute atomic E-state index is 0.131. The van der Waals surface area contributed by atoms with Crippen LogP contribution in [0.15, 0.2) is 16.6 Å². The highest BCUT2D eigenvalue weighted by molar-refractivity contribution is 9.10. The van der Waals surface area contributed by atoms with E-state index < -0.39 is 0 Å². The van der Waals surface area contributed by atoms with Crippen LogP contribution in [0.3, 0.4) is 0 Å². The van der Waals surface area contributed by atoms with Crippen molar-refractivity contribution < 1.29 is 5.11 Å². The molecule has 0 aromatic heterocycles. The van der Waals surface area contributed by atoms with E-state index in [-0.39, 0.29) is 5.75 Å². The van der Waals surface area contributed by atoms with Gasteiger partial charge in [-0.1, -0.05) is 37.8 Å². The molecule has 1 N–H and O–H groups in total. The van der Waals surface area contributed by atoms with E-state index in [4.69, 9.17) is 11.6 Å². The molecule has 1 aromatic carbocycles. The van der Waals surface area contributed by atoms with Crippen LogP contribution in [0.1, 0.15) is 44.6 Å². The lowest BCUT2D eigenvalue weighted by Gasteiger charge is -2.33. The predicted molar refractivity (Wildman–Crippen MR) is 83.8 cm³/mol. The monoisotopic (exact) mass is 345 g/mol. The summed E-state index contributed by atoms with van der Waals surface area (Å²) in [5.74, 6) is 0.131. The van der Waals surface area contributed by atoms with E-state index in [1.165, 1.54) is 32.1 Å². The number of hydrogen-bond donors (Lipinski definition) is 1. The summed E-state index contributed by atoms with van der Waals surface area (Å²) in [5, 5.41) is 10.1. The molecule has 2 rings (SSSR count). The topological polar surface area (TPSA) is 23.5 Å². The largest absolute Gasteiger partial charge is 0.505 e. The standard InChI is InChI=1S/C15H21BrClNO/c1-2-18(12-6-4-3-5-7-12)10-11-8-13(16)15(19)14(17)9-11/h8-9,12,19H,2-7,10H2,1H3. The Bertz CT molecular complexity index is 409. The van der Waals surface area contributed by atoms with Gasteiger partial charge in [-0.05, 0) is 53.0 Å². The zero-order chi connectivity index (χ0) is 13.8. The number of phenolic OH excluding ortho intramolecular Hbond substituents is 1. The Hall–Kier alpha value is -0.250. The van der Waals surface area contributed by atoms with Gasteiger partial charge in [0.1, 0.15) is 5.75 Å². The third-order valence-electron chi connectivity index (χ3n) is 3.96. The van der Waals surface area contributed by atoms with Crippen molar-refractivity contribution in [2.45, 2.75) is 51.6 Å². The lowest BCUT2D eigenvalue weighted by molar-refractivity contribution is 0.156. The Morgan fingerprint density at radius 2 is 2.00 bits per heavy atom. The third kappa shape index (κ3) is 3.87. The molecule has 0 aliphatic heterocycles. The highest BCUT2D eigenvalue weighted by atomic mass is 79.9. The molecule has 1 aliphatic rings. The number of rotatable bonds is 4. The Morgan fingerprint density at radius 1 is 1.32 bits per heavy atom. The first-order valence-electron chi connectivity index (χ1n) is 7.02. The summed E-state index contributed by atoms with van der Waals surface area (Å²) in [6.07, 6.45) is 6.69. The van der Waals surface area contributed by atoms with Gasteiger partial charge in [0.2, 0.25) is 0 Å². The van der Waals surface area contributed by atoms with Gasteiger partial charge in [0.05, 0.1) is 9.50 Å². The second-order valence-corrected chi connectivity index (χ2v) is 6.52. The van der Waals surface area contributed by atoms with Gasteiger partial charge in [-0.2, -0.15) is 0 Å². The molecular weight excluding hydrogens is 326 g/mol. The summed E-state index contributed by atoms with van der Waals surface area (Å²) >= 11 is 9.38. The third-order valence-corrected chi connectivity index (χ3v) is 4.85. The van der Waals surface area contributed by atoms with E-state index in [1.54, 1.807) is 0 Å². The highest BCUT2D eigenvalue weighted by Crippen LogP contribution is 2.34. The first-order valence-corrected chi connectivity index (χ1v) is 8.20. The molecule has 1 aliphatic carbocycles. The van der Waals surface area contributed by atoms with Gasteiger partial charge in [-0.3, -0.25) is 4.90 Å². The van der Waals surface area contributed by atoms with E-state index in [0.29, 0.717) is 15.5 Å². The quantitative estimate of drug-likeness (QED) is 0.832. The first kappa shape index (κ1) is 15.1. The fraction of sp³-hybridized carbons (Fsp3) is 0.600. The lowest BCUT2D eigenvalue weighted by atomic mass is 9.94. The second kappa shape index (κ2) is 6.96. The molecule has 0 heterocycles. The fourth-order valence-electron chi connectivity index (χ4n) is 2.89. The van der Waals surface area contributed by atoms with Crippen LogP contribution in [-0.2, 0) is 6.54 Å². The van der Waals surface area contributed by atoms with Crippen molar-refractivity contribution in [1.82, 2.24) is 4.90 Å². The molecule has 4 heteroatoms. The molecule has 1 aromatic rings. The number of benzene rings is 1. The molecule has 0 spiro atoms. The summed E-state index contributed by atoms with van der Waals surface area (Å²) in [6, 6.07) is 4.53. The first-order chi connectivity index (χ1) is 9.11. The van der Waals surface area contributed by atoms with Crippen molar-refractivity contribution >= 4 is 27.5 Å². The van der Waals surface area contributed by atoms with Crippen LogP contribution in [0, 0.1) is 0 Å². The average Bonchev–Trinajstić information content (AvgIpc) is 2.43. The average molecular weight is 347 g/mol. The highest BCUT2D eigenvalue weighted by Gasteiger charge is 2.20. The van der Waals surface area contributed by atoms with Crippen molar-refractivity contribution in [1.29, 1.82) is 0 Å². The normalized spacial score (nSPS) is 17.1. The van der Waals surface area contributed by atoms with E-state index in [1.807, 2.05) is 12.1 Å². The molecule has 0 radical (unpaired) electrons. The van der Waals surface area contributed by atoms with E-state index >= 15 is 0 Å². The van der Waals surface area contributed by atoms with Crippen molar-refractivity contribution in [2.24, 2.45) is 0 Å². The molecular formula is C15H21BrClNO. The molecule has 0 atom stereocenters. The Balaban J connectivity index is 2.09. The van der Waals surface area contributed by atoms with Gasteiger partial charge in [-0.25, -0.2) is 0 Å². The Labute approximate surface area is 128 Å². The molecule has 0 bridgehead atoms. The van der Waals surface area contributed by atoms with Crippen LogP contribution in [0.25, 0.3) is 0 Å². The lowest BCUT2D eigenvalue weighted by Crippen LogP contribution is -2.36. The van der Waals surface area contributed by atoms with Crippen molar-refractivity contribution in [2.75, 3.05) is 6.54 Å². The predicted octanol–water partition coefficient (Wildman–Crippen LogP) is 4.96. The van der Waals surface area contributed by atoms with E-state index in [0.717, 1.165) is 18.7 Å². The maximum absolute atomic E-state index is 9.68. The Morgan fingerprint density at radius 3 is 2.58 bits per heavy atom. The van der Waals surface area contributed by atoms with E-state index in [2.05, 4.69) is 27.8 Å². The number of nitrogens with zero attached hydrogens (tertiary/aromatic N) is 1. The zero-order valence-electron chi connectivity index (χ0n) is 11.3. The molecule has 106 valence electrons. The molecule has 0 amide bonds. The Kier molecular flexibility index (Phi) is 5.55. The second-order valence-electron chi connectivity index (χ2n) is 5.26. The van der Waals surface area contributed by atoms with Gasteiger partial charge in [0, 0.05) is 12.6 Å². The summed E-state index contributed by atoms with van der Waals surface area (Å²) in [6.45, 7) is 4.17. The SMILES string of the molecule is CCN(Cc1cc(Cl)c(O)c(Br)c1)C1CCCCC1. The maximum Gasteiger partial charge on any atom is 0.148 e.